The smallest absolute Gasteiger partial charge is 0.241 e. The maximum atomic E-state index is 12.7. The van der Waals surface area contributed by atoms with Crippen LogP contribution in [0.5, 0.6) is 0 Å². The topological polar surface area (TPSA) is 91.7 Å². The summed E-state index contributed by atoms with van der Waals surface area (Å²) in [5, 5.41) is 3.94. The van der Waals surface area contributed by atoms with Crippen molar-refractivity contribution in [2.24, 2.45) is 5.73 Å². The first-order valence-corrected chi connectivity index (χ1v) is 9.07. The third-order valence-electron chi connectivity index (χ3n) is 5.06. The number of carbonyl (C=O) groups is 1. The van der Waals surface area contributed by atoms with E-state index in [0.29, 0.717) is 24.8 Å². The largest absolute Gasteiger partial charge is 0.338 e. The fraction of sp³-hybridized carbons (Fsp3) is 0.500. The molecule has 1 saturated heterocycles. The standard InChI is InChI=1S/C18H24N6O2.2ClH/c19-11-17-20-16(21-26-17)12-22-7-9-23(10-8-22)13-18(25)24-6-5-14-3-1-2-4-15(14)24;;/h1-4H,5-13,19H2;2*1H. The summed E-state index contributed by atoms with van der Waals surface area (Å²) < 4.78 is 5.04. The van der Waals surface area contributed by atoms with Gasteiger partial charge in [-0.1, -0.05) is 23.4 Å². The first-order chi connectivity index (χ1) is 12.7. The van der Waals surface area contributed by atoms with E-state index < -0.39 is 0 Å². The number of fused-ring (bicyclic) bond motifs is 1. The van der Waals surface area contributed by atoms with Crippen LogP contribution >= 0.6 is 24.8 Å². The van der Waals surface area contributed by atoms with Gasteiger partial charge in [0, 0.05) is 38.4 Å². The van der Waals surface area contributed by atoms with Crippen molar-refractivity contribution in [1.29, 1.82) is 0 Å². The Morgan fingerprint density at radius 3 is 2.50 bits per heavy atom. The van der Waals surface area contributed by atoms with Gasteiger partial charge in [0.15, 0.2) is 5.82 Å². The van der Waals surface area contributed by atoms with Crippen molar-refractivity contribution in [2.45, 2.75) is 19.5 Å². The number of nitrogens with two attached hydrogens (primary N) is 1. The van der Waals surface area contributed by atoms with E-state index in [0.717, 1.165) is 44.8 Å². The van der Waals surface area contributed by atoms with Crippen molar-refractivity contribution >= 4 is 36.4 Å². The molecule has 10 heteroatoms. The minimum atomic E-state index is 0. The summed E-state index contributed by atoms with van der Waals surface area (Å²) in [7, 11) is 0. The molecular weight excluding hydrogens is 403 g/mol. The van der Waals surface area contributed by atoms with Gasteiger partial charge in [-0.05, 0) is 18.1 Å². The molecule has 1 amide bonds. The van der Waals surface area contributed by atoms with Crippen molar-refractivity contribution < 1.29 is 9.32 Å². The number of piperazine rings is 1. The molecule has 0 aliphatic carbocycles. The van der Waals surface area contributed by atoms with Gasteiger partial charge in [0.25, 0.3) is 0 Å². The molecule has 2 aromatic rings. The molecule has 0 radical (unpaired) electrons. The predicted octanol–water partition coefficient (Wildman–Crippen LogP) is 1.08. The van der Waals surface area contributed by atoms with Crippen molar-refractivity contribution in [3.05, 3.63) is 41.5 Å². The van der Waals surface area contributed by atoms with Gasteiger partial charge >= 0.3 is 0 Å². The van der Waals surface area contributed by atoms with Gasteiger partial charge in [0.2, 0.25) is 11.8 Å². The number of anilines is 1. The Kier molecular flexibility index (Phi) is 8.21. The lowest BCUT2D eigenvalue weighted by molar-refractivity contribution is -0.120. The lowest BCUT2D eigenvalue weighted by atomic mass is 10.2. The summed E-state index contributed by atoms with van der Waals surface area (Å²) in [4.78, 5) is 23.4. The first-order valence-electron chi connectivity index (χ1n) is 9.07. The number of aromatic nitrogens is 2. The maximum Gasteiger partial charge on any atom is 0.241 e. The van der Waals surface area contributed by atoms with Gasteiger partial charge in [-0.3, -0.25) is 14.6 Å². The molecule has 0 spiro atoms. The third kappa shape index (κ3) is 5.01. The number of hydrogen-bond donors (Lipinski definition) is 1. The van der Waals surface area contributed by atoms with E-state index in [4.69, 9.17) is 10.3 Å². The maximum absolute atomic E-state index is 12.7. The van der Waals surface area contributed by atoms with E-state index in [-0.39, 0.29) is 37.3 Å². The molecule has 1 aromatic carbocycles. The van der Waals surface area contributed by atoms with Crippen LogP contribution in [0.4, 0.5) is 5.69 Å². The molecule has 8 nitrogen and oxygen atoms in total. The van der Waals surface area contributed by atoms with Crippen LogP contribution in [0.25, 0.3) is 0 Å². The Bertz CT molecular complexity index is 779. The van der Waals surface area contributed by atoms with Crippen LogP contribution in [0.1, 0.15) is 17.3 Å². The molecule has 28 heavy (non-hydrogen) atoms. The monoisotopic (exact) mass is 428 g/mol. The van der Waals surface area contributed by atoms with Crippen LogP contribution < -0.4 is 10.6 Å². The van der Waals surface area contributed by atoms with Gasteiger partial charge in [-0.25, -0.2) is 0 Å². The number of carbonyl (C=O) groups excluding carboxylic acids is 1. The fourth-order valence-electron chi connectivity index (χ4n) is 3.62. The average Bonchev–Trinajstić information content (AvgIpc) is 3.30. The van der Waals surface area contributed by atoms with Gasteiger partial charge in [0.05, 0.1) is 19.6 Å². The number of para-hydroxylation sites is 1. The van der Waals surface area contributed by atoms with Crippen LogP contribution in [-0.2, 0) is 24.3 Å². The Morgan fingerprint density at radius 2 is 1.79 bits per heavy atom. The van der Waals surface area contributed by atoms with Crippen molar-refractivity contribution in [3.8, 4) is 0 Å². The van der Waals surface area contributed by atoms with Gasteiger partial charge in [-0.2, -0.15) is 4.98 Å². The first kappa shape index (κ1) is 22.6. The summed E-state index contributed by atoms with van der Waals surface area (Å²) in [6, 6.07) is 8.18. The van der Waals surface area contributed by atoms with E-state index in [1.165, 1.54) is 5.56 Å². The number of halogens is 2. The summed E-state index contributed by atoms with van der Waals surface area (Å²) >= 11 is 0. The lowest BCUT2D eigenvalue weighted by Crippen LogP contribution is -2.49. The minimum absolute atomic E-state index is 0. The number of benzene rings is 1. The van der Waals surface area contributed by atoms with Crippen LogP contribution in [0.3, 0.4) is 0 Å². The number of rotatable bonds is 5. The summed E-state index contributed by atoms with van der Waals surface area (Å²) in [5.41, 5.74) is 7.83. The van der Waals surface area contributed by atoms with Crippen molar-refractivity contribution in [1.82, 2.24) is 19.9 Å². The normalized spacial score (nSPS) is 17.0. The highest BCUT2D eigenvalue weighted by molar-refractivity contribution is 5.96. The Morgan fingerprint density at radius 1 is 1.07 bits per heavy atom. The van der Waals surface area contributed by atoms with Crippen molar-refractivity contribution in [3.63, 3.8) is 0 Å². The summed E-state index contributed by atoms with van der Waals surface area (Å²) in [6.07, 6.45) is 0.950. The quantitative estimate of drug-likeness (QED) is 0.761. The predicted molar refractivity (Wildman–Crippen MR) is 111 cm³/mol. The molecule has 154 valence electrons. The van der Waals surface area contributed by atoms with E-state index in [9.17, 15) is 4.79 Å². The van der Waals surface area contributed by atoms with Gasteiger partial charge < -0.3 is 15.2 Å². The second kappa shape index (κ2) is 10.2. The third-order valence-corrected chi connectivity index (χ3v) is 5.06. The molecule has 4 rings (SSSR count). The zero-order chi connectivity index (χ0) is 17.9. The molecule has 0 atom stereocenters. The van der Waals surface area contributed by atoms with Crippen LogP contribution in [0.15, 0.2) is 28.8 Å². The number of amides is 1. The van der Waals surface area contributed by atoms with Gasteiger partial charge in [0.1, 0.15) is 0 Å². The average molecular weight is 429 g/mol. The zero-order valence-electron chi connectivity index (χ0n) is 15.6. The van der Waals surface area contributed by atoms with Crippen LogP contribution in [0, 0.1) is 0 Å². The Labute approximate surface area is 176 Å². The molecule has 2 aliphatic rings. The second-order valence-electron chi connectivity index (χ2n) is 6.78. The van der Waals surface area contributed by atoms with Crippen molar-refractivity contribution in [2.75, 3.05) is 44.2 Å². The highest BCUT2D eigenvalue weighted by atomic mass is 35.5. The molecule has 3 heterocycles. The molecular formula is C18H26Cl2N6O2. The second-order valence-corrected chi connectivity index (χ2v) is 6.78. The molecule has 0 bridgehead atoms. The number of nitrogens with zero attached hydrogens (tertiary/aromatic N) is 5. The Hall–Kier alpha value is -1.71. The SMILES string of the molecule is Cl.Cl.NCc1nc(CN2CCN(CC(=O)N3CCc4ccccc43)CC2)no1. The highest BCUT2D eigenvalue weighted by Gasteiger charge is 2.27. The van der Waals surface area contributed by atoms with E-state index in [1.54, 1.807) is 0 Å². The van der Waals surface area contributed by atoms with E-state index in [1.807, 2.05) is 23.1 Å². The molecule has 1 fully saturated rings. The van der Waals surface area contributed by atoms with E-state index in [2.05, 4.69) is 26.0 Å². The highest BCUT2D eigenvalue weighted by Crippen LogP contribution is 2.27. The van der Waals surface area contributed by atoms with Crippen LogP contribution in [-0.4, -0.2) is 65.1 Å². The summed E-state index contributed by atoms with van der Waals surface area (Å²) in [5.74, 6) is 1.33. The minimum Gasteiger partial charge on any atom is -0.338 e. The molecule has 1 aromatic heterocycles. The Balaban J connectivity index is 0.00000140. The zero-order valence-corrected chi connectivity index (χ0v) is 17.3. The lowest BCUT2D eigenvalue weighted by Gasteiger charge is -2.34. The molecule has 0 unspecified atom stereocenters. The molecule has 2 aliphatic heterocycles. The fourth-order valence-corrected chi connectivity index (χ4v) is 3.62. The van der Waals surface area contributed by atoms with Gasteiger partial charge in [-0.15, -0.1) is 24.8 Å². The summed E-state index contributed by atoms with van der Waals surface area (Å²) in [6.45, 7) is 5.69. The van der Waals surface area contributed by atoms with Crippen LogP contribution in [0.2, 0.25) is 0 Å². The molecule has 0 saturated carbocycles. The number of hydrogen-bond acceptors (Lipinski definition) is 7. The van der Waals surface area contributed by atoms with E-state index >= 15 is 0 Å². The molecule has 2 N–H and O–H groups in total.